The van der Waals surface area contributed by atoms with E-state index in [1.807, 2.05) is 0 Å². The van der Waals surface area contributed by atoms with Crippen LogP contribution in [0.2, 0.25) is 0 Å². The summed E-state index contributed by atoms with van der Waals surface area (Å²) in [5.41, 5.74) is 5.26. The summed E-state index contributed by atoms with van der Waals surface area (Å²) < 4.78 is 0.927. The minimum Gasteiger partial charge on any atom is -0.376 e. The van der Waals surface area contributed by atoms with Crippen LogP contribution in [-0.2, 0) is 0 Å². The molecule has 0 unspecified atom stereocenters. The van der Waals surface area contributed by atoms with Gasteiger partial charge in [0.2, 0.25) is 5.13 Å². The quantitative estimate of drug-likeness (QED) is 0.591. The monoisotopic (exact) mass is 220 g/mol. The van der Waals surface area contributed by atoms with E-state index >= 15 is 0 Å². The van der Waals surface area contributed by atoms with Crippen molar-refractivity contribution in [1.29, 1.82) is 0 Å². The Morgan fingerprint density at radius 1 is 1.75 bits per heavy atom. The van der Waals surface area contributed by atoms with Gasteiger partial charge in [0.25, 0.3) is 0 Å². The van der Waals surface area contributed by atoms with Crippen LogP contribution in [-0.4, -0.2) is 21.1 Å². The zero-order valence-corrected chi connectivity index (χ0v) is 8.85. The predicted molar refractivity (Wildman–Crippen MR) is 56.7 cm³/mol. The molecule has 3 N–H and O–H groups in total. The van der Waals surface area contributed by atoms with Crippen molar-refractivity contribution in [2.75, 3.05) is 11.1 Å². The highest BCUT2D eigenvalue weighted by Gasteiger charge is 2.02. The summed E-state index contributed by atoms with van der Waals surface area (Å²) in [4.78, 5) is 0. The zero-order chi connectivity index (χ0) is 8.97. The van der Waals surface area contributed by atoms with Crippen molar-refractivity contribution in [2.24, 2.45) is 5.73 Å². The van der Waals surface area contributed by atoms with E-state index in [0.29, 0.717) is 5.13 Å². The lowest BCUT2D eigenvalue weighted by atomic mass is 11.0. The molecule has 7 heteroatoms. The van der Waals surface area contributed by atoms with Gasteiger partial charge in [-0.2, -0.15) is 0 Å². The number of thioether (sulfide) groups is 1. The fraction of sp³-hybridized carbons (Fsp3) is 0.400. The van der Waals surface area contributed by atoms with Crippen LogP contribution in [0.1, 0.15) is 6.92 Å². The van der Waals surface area contributed by atoms with Crippen molar-refractivity contribution in [3.63, 3.8) is 0 Å². The lowest BCUT2D eigenvalue weighted by molar-refractivity contribution is 1.02. The second kappa shape index (κ2) is 4.58. The van der Waals surface area contributed by atoms with Crippen LogP contribution >= 0.6 is 35.3 Å². The fourth-order valence-corrected chi connectivity index (χ4v) is 2.37. The van der Waals surface area contributed by atoms with Crippen molar-refractivity contribution in [3.05, 3.63) is 0 Å². The Bertz CT molecular complexity index is 271. The van der Waals surface area contributed by atoms with Gasteiger partial charge >= 0.3 is 0 Å². The van der Waals surface area contributed by atoms with Gasteiger partial charge in [0, 0.05) is 0 Å². The van der Waals surface area contributed by atoms with Gasteiger partial charge in [-0.25, -0.2) is 0 Å². The number of thiocarbonyl (C=S) groups is 1. The van der Waals surface area contributed by atoms with E-state index in [0.717, 1.165) is 10.1 Å². The van der Waals surface area contributed by atoms with E-state index in [-0.39, 0.29) is 5.11 Å². The maximum absolute atomic E-state index is 5.26. The first-order valence-electron chi connectivity index (χ1n) is 3.25. The first kappa shape index (κ1) is 9.69. The molecule has 4 nitrogen and oxygen atoms in total. The highest BCUT2D eigenvalue weighted by atomic mass is 32.2. The van der Waals surface area contributed by atoms with Gasteiger partial charge in [-0.1, -0.05) is 30.0 Å². The van der Waals surface area contributed by atoms with Crippen molar-refractivity contribution in [1.82, 2.24) is 10.2 Å². The summed E-state index contributed by atoms with van der Waals surface area (Å²) in [5.74, 6) is 0.988. The van der Waals surface area contributed by atoms with E-state index in [1.54, 1.807) is 11.8 Å². The topological polar surface area (TPSA) is 63.8 Å². The second-order valence-corrected chi connectivity index (χ2v) is 4.72. The van der Waals surface area contributed by atoms with E-state index in [1.165, 1.54) is 11.3 Å². The van der Waals surface area contributed by atoms with Gasteiger partial charge < -0.3 is 11.1 Å². The molecule has 0 aliphatic carbocycles. The molecule has 0 radical (unpaired) electrons. The molecular weight excluding hydrogens is 212 g/mol. The summed E-state index contributed by atoms with van der Waals surface area (Å²) in [7, 11) is 0. The Morgan fingerprint density at radius 3 is 3.08 bits per heavy atom. The van der Waals surface area contributed by atoms with Gasteiger partial charge in [-0.15, -0.1) is 10.2 Å². The highest BCUT2D eigenvalue weighted by Crippen LogP contribution is 2.24. The SMILES string of the molecule is CCSc1nnc(NC(N)=S)s1. The number of aromatic nitrogens is 2. The van der Waals surface area contributed by atoms with Gasteiger partial charge in [0.1, 0.15) is 0 Å². The fourth-order valence-electron chi connectivity index (χ4n) is 0.547. The Labute approximate surface area is 83.9 Å². The molecule has 66 valence electrons. The van der Waals surface area contributed by atoms with E-state index in [4.69, 9.17) is 5.73 Å². The van der Waals surface area contributed by atoms with Crippen LogP contribution in [0, 0.1) is 0 Å². The van der Waals surface area contributed by atoms with E-state index in [2.05, 4.69) is 34.7 Å². The molecule has 0 aromatic carbocycles. The van der Waals surface area contributed by atoms with E-state index < -0.39 is 0 Å². The highest BCUT2D eigenvalue weighted by molar-refractivity contribution is 8.01. The summed E-state index contributed by atoms with van der Waals surface area (Å²) in [6.45, 7) is 2.06. The van der Waals surface area contributed by atoms with Crippen LogP contribution in [0.25, 0.3) is 0 Å². The minimum atomic E-state index is 0.221. The van der Waals surface area contributed by atoms with Gasteiger partial charge in [0.05, 0.1) is 0 Å². The first-order valence-corrected chi connectivity index (χ1v) is 5.46. The Morgan fingerprint density at radius 2 is 2.50 bits per heavy atom. The maximum atomic E-state index is 5.26. The van der Waals surface area contributed by atoms with Crippen molar-refractivity contribution < 1.29 is 0 Å². The number of nitrogens with zero attached hydrogens (tertiary/aromatic N) is 2. The first-order chi connectivity index (χ1) is 5.72. The molecule has 1 aromatic rings. The molecule has 0 aliphatic rings. The second-order valence-electron chi connectivity index (χ2n) is 1.80. The molecule has 0 amide bonds. The number of nitrogens with one attached hydrogen (secondary N) is 1. The summed E-state index contributed by atoms with van der Waals surface area (Å²) in [5, 5.41) is 11.4. The van der Waals surface area contributed by atoms with Crippen LogP contribution in [0.4, 0.5) is 5.13 Å². The minimum absolute atomic E-state index is 0.221. The largest absolute Gasteiger partial charge is 0.376 e. The summed E-state index contributed by atoms with van der Waals surface area (Å²) in [6.07, 6.45) is 0. The Kier molecular flexibility index (Phi) is 3.70. The number of hydrogen-bond donors (Lipinski definition) is 2. The lowest BCUT2D eigenvalue weighted by Gasteiger charge is -1.93. The third kappa shape index (κ3) is 2.92. The molecule has 1 rings (SSSR count). The molecule has 1 heterocycles. The van der Waals surface area contributed by atoms with Crippen molar-refractivity contribution in [3.8, 4) is 0 Å². The smallest absolute Gasteiger partial charge is 0.212 e. The van der Waals surface area contributed by atoms with Gasteiger partial charge in [0.15, 0.2) is 9.45 Å². The molecule has 0 saturated heterocycles. The van der Waals surface area contributed by atoms with Crippen LogP contribution in [0.3, 0.4) is 0 Å². The molecule has 12 heavy (non-hydrogen) atoms. The Hall–Kier alpha value is -0.400. The third-order valence-electron chi connectivity index (χ3n) is 0.904. The van der Waals surface area contributed by atoms with Crippen LogP contribution in [0.5, 0.6) is 0 Å². The number of hydrogen-bond acceptors (Lipinski definition) is 5. The molecule has 0 aliphatic heterocycles. The van der Waals surface area contributed by atoms with Gasteiger partial charge in [-0.3, -0.25) is 0 Å². The standard InChI is InChI=1S/C5H8N4S3/c1-2-11-5-9-8-4(12-5)7-3(6)10/h2H2,1H3,(H3,6,7,8,10). The molecular formula is C5H8N4S3. The zero-order valence-electron chi connectivity index (χ0n) is 6.40. The third-order valence-corrected chi connectivity index (χ3v) is 2.86. The molecule has 1 aromatic heterocycles. The molecule has 0 bridgehead atoms. The molecule has 0 fully saturated rings. The molecule has 0 spiro atoms. The normalized spacial score (nSPS) is 9.75. The van der Waals surface area contributed by atoms with Crippen LogP contribution in [0.15, 0.2) is 4.34 Å². The van der Waals surface area contributed by atoms with Crippen molar-refractivity contribution >= 4 is 45.6 Å². The number of rotatable bonds is 3. The Balaban J connectivity index is 2.58. The summed E-state index contributed by atoms with van der Waals surface area (Å²) >= 11 is 7.74. The molecule has 0 saturated carbocycles. The van der Waals surface area contributed by atoms with Crippen molar-refractivity contribution in [2.45, 2.75) is 11.3 Å². The predicted octanol–water partition coefficient (Wildman–Crippen LogP) is 1.31. The van der Waals surface area contributed by atoms with Crippen LogP contribution < -0.4 is 11.1 Å². The van der Waals surface area contributed by atoms with E-state index in [9.17, 15) is 0 Å². The maximum Gasteiger partial charge on any atom is 0.212 e. The summed E-state index contributed by atoms with van der Waals surface area (Å²) in [6, 6.07) is 0. The number of anilines is 1. The lowest BCUT2D eigenvalue weighted by Crippen LogP contribution is -2.18. The van der Waals surface area contributed by atoms with Gasteiger partial charge in [-0.05, 0) is 18.0 Å². The number of nitrogens with two attached hydrogens (primary N) is 1. The average molecular weight is 220 g/mol. The average Bonchev–Trinajstić information content (AvgIpc) is 2.36. The molecule has 0 atom stereocenters.